The van der Waals surface area contributed by atoms with Crippen LogP contribution >= 0.6 is 0 Å². The summed E-state index contributed by atoms with van der Waals surface area (Å²) in [6.45, 7) is 0.405. The van der Waals surface area contributed by atoms with Gasteiger partial charge < -0.3 is 4.74 Å². The molecule has 0 radical (unpaired) electrons. The van der Waals surface area contributed by atoms with Gasteiger partial charge >= 0.3 is 0 Å². The summed E-state index contributed by atoms with van der Waals surface area (Å²) >= 11 is 0. The lowest BCUT2D eigenvalue weighted by Gasteiger charge is -2.31. The van der Waals surface area contributed by atoms with Crippen molar-refractivity contribution in [3.05, 3.63) is 65.2 Å². The van der Waals surface area contributed by atoms with Gasteiger partial charge in [0, 0.05) is 11.5 Å². The van der Waals surface area contributed by atoms with E-state index in [1.54, 1.807) is 6.07 Å². The van der Waals surface area contributed by atoms with Crippen LogP contribution < -0.4 is 16.0 Å². The smallest absolute Gasteiger partial charge is 0.163 e. The van der Waals surface area contributed by atoms with Crippen LogP contribution in [0.4, 0.5) is 8.78 Å². The highest BCUT2D eigenvalue weighted by Crippen LogP contribution is 2.34. The molecule has 1 heterocycles. The first-order valence-electron chi connectivity index (χ1n) is 6.81. The highest BCUT2D eigenvalue weighted by atomic mass is 19.2. The van der Waals surface area contributed by atoms with Gasteiger partial charge in [0.1, 0.15) is 5.75 Å². The molecule has 2 unspecified atom stereocenters. The number of ether oxygens (including phenoxy) is 1. The number of hydrogen-bond donors (Lipinski definition) is 2. The fourth-order valence-electron chi connectivity index (χ4n) is 2.81. The maximum absolute atomic E-state index is 14.0. The fourth-order valence-corrected chi connectivity index (χ4v) is 2.81. The lowest BCUT2D eigenvalue weighted by molar-refractivity contribution is 0.182. The van der Waals surface area contributed by atoms with Gasteiger partial charge in [-0.15, -0.1) is 0 Å². The molecule has 3 rings (SSSR count). The molecule has 110 valence electrons. The first kappa shape index (κ1) is 14.0. The van der Waals surface area contributed by atoms with Crippen LogP contribution in [0.3, 0.4) is 0 Å². The molecule has 2 aromatic carbocycles. The Kier molecular flexibility index (Phi) is 3.86. The maximum Gasteiger partial charge on any atom is 0.163 e. The third-order valence-electron chi connectivity index (χ3n) is 3.88. The molecular formula is C16H16F2N2O. The molecule has 0 aliphatic carbocycles. The molecule has 0 fully saturated rings. The number of hydrazine groups is 1. The summed E-state index contributed by atoms with van der Waals surface area (Å²) in [5, 5.41) is 0. The molecular weight excluding hydrogens is 274 g/mol. The van der Waals surface area contributed by atoms with E-state index in [2.05, 4.69) is 5.43 Å². The van der Waals surface area contributed by atoms with Crippen LogP contribution in [-0.4, -0.2) is 6.61 Å². The molecule has 0 saturated heterocycles. The highest BCUT2D eigenvalue weighted by molar-refractivity contribution is 5.36. The molecule has 5 heteroatoms. The largest absolute Gasteiger partial charge is 0.493 e. The summed E-state index contributed by atoms with van der Waals surface area (Å²) < 4.78 is 33.1. The SMILES string of the molecule is NNC(c1cccc(F)c1F)C1COc2ccccc2C1. The molecule has 2 aromatic rings. The van der Waals surface area contributed by atoms with Crippen molar-refractivity contribution in [2.24, 2.45) is 11.8 Å². The van der Waals surface area contributed by atoms with E-state index in [-0.39, 0.29) is 11.5 Å². The zero-order valence-corrected chi connectivity index (χ0v) is 11.4. The number of halogens is 2. The van der Waals surface area contributed by atoms with Crippen molar-refractivity contribution in [2.75, 3.05) is 6.61 Å². The summed E-state index contributed by atoms with van der Waals surface area (Å²) in [5.41, 5.74) is 3.87. The van der Waals surface area contributed by atoms with Crippen LogP contribution in [-0.2, 0) is 6.42 Å². The van der Waals surface area contributed by atoms with Gasteiger partial charge in [-0.2, -0.15) is 0 Å². The summed E-state index contributed by atoms with van der Waals surface area (Å²) in [5.74, 6) is 4.62. The van der Waals surface area contributed by atoms with Gasteiger partial charge in [0.05, 0.1) is 12.6 Å². The number of nitrogens with one attached hydrogen (secondary N) is 1. The number of hydrogen-bond acceptors (Lipinski definition) is 3. The summed E-state index contributed by atoms with van der Waals surface area (Å²) in [4.78, 5) is 0. The Morgan fingerprint density at radius 3 is 2.76 bits per heavy atom. The van der Waals surface area contributed by atoms with E-state index >= 15 is 0 Å². The maximum atomic E-state index is 14.0. The van der Waals surface area contributed by atoms with Crippen LogP contribution in [0, 0.1) is 17.6 Å². The van der Waals surface area contributed by atoms with Crippen molar-refractivity contribution in [3.8, 4) is 5.75 Å². The molecule has 0 amide bonds. The van der Waals surface area contributed by atoms with Gasteiger partial charge in [0.2, 0.25) is 0 Å². The van der Waals surface area contributed by atoms with Crippen molar-refractivity contribution in [1.82, 2.24) is 5.43 Å². The predicted octanol–water partition coefficient (Wildman–Crippen LogP) is 2.72. The number of benzene rings is 2. The lowest BCUT2D eigenvalue weighted by Crippen LogP contribution is -2.39. The monoisotopic (exact) mass is 290 g/mol. The summed E-state index contributed by atoms with van der Waals surface area (Å²) in [7, 11) is 0. The second-order valence-electron chi connectivity index (χ2n) is 5.17. The topological polar surface area (TPSA) is 47.3 Å². The van der Waals surface area contributed by atoms with Crippen LogP contribution in [0.5, 0.6) is 5.75 Å². The van der Waals surface area contributed by atoms with E-state index in [0.29, 0.717) is 13.0 Å². The summed E-state index contributed by atoms with van der Waals surface area (Å²) in [6.07, 6.45) is 0.695. The molecule has 21 heavy (non-hydrogen) atoms. The van der Waals surface area contributed by atoms with Gasteiger partial charge in [-0.1, -0.05) is 30.3 Å². The number of para-hydroxylation sites is 1. The Bertz CT molecular complexity index is 648. The van der Waals surface area contributed by atoms with Crippen molar-refractivity contribution in [1.29, 1.82) is 0 Å². The fraction of sp³-hybridized carbons (Fsp3) is 0.250. The highest BCUT2D eigenvalue weighted by Gasteiger charge is 2.30. The first-order valence-corrected chi connectivity index (χ1v) is 6.81. The molecule has 1 aliphatic heterocycles. The van der Waals surface area contributed by atoms with E-state index in [9.17, 15) is 8.78 Å². The van der Waals surface area contributed by atoms with Crippen molar-refractivity contribution in [2.45, 2.75) is 12.5 Å². The van der Waals surface area contributed by atoms with Gasteiger partial charge in [0.25, 0.3) is 0 Å². The second kappa shape index (κ2) is 5.79. The third kappa shape index (κ3) is 2.62. The van der Waals surface area contributed by atoms with Gasteiger partial charge in [-0.3, -0.25) is 11.3 Å². The third-order valence-corrected chi connectivity index (χ3v) is 3.88. The molecule has 1 aliphatic rings. The van der Waals surface area contributed by atoms with Crippen LogP contribution in [0.2, 0.25) is 0 Å². The van der Waals surface area contributed by atoms with Crippen molar-refractivity contribution in [3.63, 3.8) is 0 Å². The normalized spacial score (nSPS) is 18.7. The van der Waals surface area contributed by atoms with E-state index in [1.165, 1.54) is 6.07 Å². The molecule has 3 nitrogen and oxygen atoms in total. The standard InChI is InChI=1S/C16H16F2N2O/c17-13-6-3-5-12(15(13)18)16(20-19)11-8-10-4-1-2-7-14(10)21-9-11/h1-7,11,16,20H,8-9,19H2. The zero-order chi connectivity index (χ0) is 14.8. The Morgan fingerprint density at radius 2 is 1.95 bits per heavy atom. The average Bonchev–Trinajstić information content (AvgIpc) is 2.52. The van der Waals surface area contributed by atoms with Crippen LogP contribution in [0.1, 0.15) is 17.2 Å². The van der Waals surface area contributed by atoms with Gasteiger partial charge in [-0.05, 0) is 24.1 Å². The van der Waals surface area contributed by atoms with Crippen molar-refractivity contribution >= 4 is 0 Å². The predicted molar refractivity (Wildman–Crippen MR) is 75.6 cm³/mol. The lowest BCUT2D eigenvalue weighted by atomic mass is 9.86. The molecule has 0 saturated carbocycles. The van der Waals surface area contributed by atoms with E-state index in [4.69, 9.17) is 10.6 Å². The summed E-state index contributed by atoms with van der Waals surface area (Å²) in [6, 6.07) is 11.3. The van der Waals surface area contributed by atoms with Gasteiger partial charge in [-0.25, -0.2) is 8.78 Å². The Labute approximate surface area is 121 Å². The second-order valence-corrected chi connectivity index (χ2v) is 5.17. The number of rotatable bonds is 3. The molecule has 0 aromatic heterocycles. The van der Waals surface area contributed by atoms with E-state index in [1.807, 2.05) is 24.3 Å². The minimum atomic E-state index is -0.870. The van der Waals surface area contributed by atoms with E-state index in [0.717, 1.165) is 17.4 Å². The average molecular weight is 290 g/mol. The molecule has 0 spiro atoms. The molecule has 2 atom stereocenters. The van der Waals surface area contributed by atoms with Crippen LogP contribution in [0.25, 0.3) is 0 Å². The number of fused-ring (bicyclic) bond motifs is 1. The van der Waals surface area contributed by atoms with Crippen molar-refractivity contribution < 1.29 is 13.5 Å². The Hall–Kier alpha value is -1.98. The molecule has 3 N–H and O–H groups in total. The van der Waals surface area contributed by atoms with Gasteiger partial charge in [0.15, 0.2) is 11.6 Å². The first-order chi connectivity index (χ1) is 10.2. The van der Waals surface area contributed by atoms with E-state index < -0.39 is 17.7 Å². The number of nitrogens with two attached hydrogens (primary N) is 1. The zero-order valence-electron chi connectivity index (χ0n) is 11.4. The minimum Gasteiger partial charge on any atom is -0.493 e. The Morgan fingerprint density at radius 1 is 1.14 bits per heavy atom. The minimum absolute atomic E-state index is 0.0683. The van der Waals surface area contributed by atoms with Crippen LogP contribution in [0.15, 0.2) is 42.5 Å². The quantitative estimate of drug-likeness (QED) is 0.675. The Balaban J connectivity index is 1.90. The molecule has 0 bridgehead atoms.